The van der Waals surface area contributed by atoms with Crippen LogP contribution in [0.1, 0.15) is 61.3 Å². The van der Waals surface area contributed by atoms with Gasteiger partial charge in [0.2, 0.25) is 0 Å². The highest BCUT2D eigenvalue weighted by molar-refractivity contribution is 6.04. The van der Waals surface area contributed by atoms with Crippen molar-refractivity contribution in [1.29, 1.82) is 0 Å². The number of benzene rings is 2. The number of carbonyl (C=O) groups is 1. The number of rotatable bonds is 2. The molecule has 5 heteroatoms. The third-order valence-corrected chi connectivity index (χ3v) is 5.57. The van der Waals surface area contributed by atoms with Gasteiger partial charge in [0, 0.05) is 11.9 Å². The second kappa shape index (κ2) is 6.89. The largest absolute Gasteiger partial charge is 0.330 e. The van der Waals surface area contributed by atoms with E-state index < -0.39 is 0 Å². The van der Waals surface area contributed by atoms with Crippen LogP contribution in [-0.4, -0.2) is 27.5 Å². The minimum atomic E-state index is -0.275. The highest BCUT2D eigenvalue weighted by Crippen LogP contribution is 2.34. The van der Waals surface area contributed by atoms with Gasteiger partial charge in [0.15, 0.2) is 5.69 Å². The number of aromatic amines is 1. The highest BCUT2D eigenvalue weighted by atomic mass is 16.2. The van der Waals surface area contributed by atoms with Gasteiger partial charge in [-0.05, 0) is 35.4 Å². The minimum absolute atomic E-state index is 0.0361. The van der Waals surface area contributed by atoms with Gasteiger partial charge in [-0.3, -0.25) is 9.59 Å². The summed E-state index contributed by atoms with van der Waals surface area (Å²) in [6.45, 7) is 7.28. The molecule has 1 fully saturated rings. The molecule has 0 radical (unpaired) electrons. The van der Waals surface area contributed by atoms with Crippen molar-refractivity contribution in [3.8, 4) is 0 Å². The van der Waals surface area contributed by atoms with Gasteiger partial charge in [0.1, 0.15) is 0 Å². The average molecular weight is 375 g/mol. The third kappa shape index (κ3) is 3.21. The van der Waals surface area contributed by atoms with E-state index in [1.807, 2.05) is 11.0 Å². The Balaban J connectivity index is 1.68. The van der Waals surface area contributed by atoms with Gasteiger partial charge in [0.25, 0.3) is 11.5 Å². The summed E-state index contributed by atoms with van der Waals surface area (Å²) in [6, 6.07) is 15.7. The maximum atomic E-state index is 13.3. The minimum Gasteiger partial charge on any atom is -0.330 e. The number of hydrogen-bond donors (Lipinski definition) is 1. The van der Waals surface area contributed by atoms with Crippen LogP contribution in [-0.2, 0) is 5.41 Å². The molecule has 1 aliphatic heterocycles. The first kappa shape index (κ1) is 18.4. The molecule has 28 heavy (non-hydrogen) atoms. The van der Waals surface area contributed by atoms with E-state index in [1.54, 1.807) is 18.2 Å². The monoisotopic (exact) mass is 375 g/mol. The van der Waals surface area contributed by atoms with Crippen LogP contribution in [0.5, 0.6) is 0 Å². The number of nitrogens with one attached hydrogen (secondary N) is 1. The molecule has 3 aromatic rings. The van der Waals surface area contributed by atoms with Crippen LogP contribution in [0.2, 0.25) is 0 Å². The normalized spacial score (nSPS) is 17.2. The number of aromatic nitrogens is 2. The molecule has 0 unspecified atom stereocenters. The van der Waals surface area contributed by atoms with Crippen molar-refractivity contribution in [2.45, 2.75) is 45.1 Å². The lowest BCUT2D eigenvalue weighted by molar-refractivity contribution is 0.0730. The average Bonchev–Trinajstić information content (AvgIpc) is 3.17. The summed E-state index contributed by atoms with van der Waals surface area (Å²) in [7, 11) is 0. The predicted molar refractivity (Wildman–Crippen MR) is 111 cm³/mol. The number of amides is 1. The summed E-state index contributed by atoms with van der Waals surface area (Å²) in [5, 5.41) is 7.66. The van der Waals surface area contributed by atoms with Gasteiger partial charge < -0.3 is 4.90 Å². The molecule has 0 saturated carbocycles. The molecule has 1 atom stereocenters. The maximum Gasteiger partial charge on any atom is 0.275 e. The quantitative estimate of drug-likeness (QED) is 0.730. The number of hydrogen-bond acceptors (Lipinski definition) is 3. The number of likely N-dealkylation sites (tertiary alicyclic amines) is 1. The lowest BCUT2D eigenvalue weighted by Gasteiger charge is -2.26. The summed E-state index contributed by atoms with van der Waals surface area (Å²) >= 11 is 0. The zero-order valence-corrected chi connectivity index (χ0v) is 16.5. The zero-order valence-electron chi connectivity index (χ0n) is 16.5. The Hall–Kier alpha value is -2.95. The molecule has 5 nitrogen and oxygen atoms in total. The molecule has 144 valence electrons. The fourth-order valence-corrected chi connectivity index (χ4v) is 3.98. The smallest absolute Gasteiger partial charge is 0.275 e. The lowest BCUT2D eigenvalue weighted by atomic mass is 9.86. The van der Waals surface area contributed by atoms with Crippen molar-refractivity contribution in [3.05, 3.63) is 75.7 Å². The summed E-state index contributed by atoms with van der Waals surface area (Å²) in [5.41, 5.74) is 2.56. The maximum absolute atomic E-state index is 13.3. The first-order chi connectivity index (χ1) is 13.4. The summed E-state index contributed by atoms with van der Waals surface area (Å²) < 4.78 is 0. The molecule has 0 spiro atoms. The number of fused-ring (bicyclic) bond motifs is 1. The Morgan fingerprint density at radius 1 is 1.07 bits per heavy atom. The summed E-state index contributed by atoms with van der Waals surface area (Å²) in [6.07, 6.45) is 1.89. The van der Waals surface area contributed by atoms with Crippen molar-refractivity contribution in [2.75, 3.05) is 6.54 Å². The number of carbonyl (C=O) groups excluding carboxylic acids is 1. The van der Waals surface area contributed by atoms with Crippen LogP contribution in [0.3, 0.4) is 0 Å². The molecule has 2 heterocycles. The molecule has 0 aliphatic carbocycles. The molecule has 2 aromatic carbocycles. The van der Waals surface area contributed by atoms with Crippen LogP contribution < -0.4 is 5.56 Å². The van der Waals surface area contributed by atoms with Crippen LogP contribution in [0.4, 0.5) is 0 Å². The Labute approximate surface area is 164 Å². The Morgan fingerprint density at radius 2 is 1.75 bits per heavy atom. The van der Waals surface area contributed by atoms with Gasteiger partial charge in [0.05, 0.1) is 11.4 Å². The van der Waals surface area contributed by atoms with Crippen molar-refractivity contribution in [3.63, 3.8) is 0 Å². The first-order valence-electron chi connectivity index (χ1n) is 9.75. The van der Waals surface area contributed by atoms with Crippen molar-refractivity contribution < 1.29 is 4.79 Å². The summed E-state index contributed by atoms with van der Waals surface area (Å²) in [4.78, 5) is 27.2. The van der Waals surface area contributed by atoms with Gasteiger partial charge >= 0.3 is 0 Å². The van der Waals surface area contributed by atoms with Gasteiger partial charge in [-0.2, -0.15) is 5.10 Å². The van der Waals surface area contributed by atoms with Gasteiger partial charge in [-0.25, -0.2) is 5.10 Å². The van der Waals surface area contributed by atoms with Crippen LogP contribution in [0, 0.1) is 0 Å². The van der Waals surface area contributed by atoms with E-state index in [0.29, 0.717) is 23.0 Å². The summed E-state index contributed by atoms with van der Waals surface area (Å²) in [5.74, 6) is -0.130. The van der Waals surface area contributed by atoms with Gasteiger partial charge in [-0.1, -0.05) is 63.2 Å². The molecule has 1 aromatic heterocycles. The Kier molecular flexibility index (Phi) is 4.53. The molecular formula is C23H25N3O2. The van der Waals surface area contributed by atoms with E-state index in [1.165, 1.54) is 5.56 Å². The van der Waals surface area contributed by atoms with Crippen LogP contribution >= 0.6 is 0 Å². The van der Waals surface area contributed by atoms with Crippen molar-refractivity contribution >= 4 is 16.7 Å². The van der Waals surface area contributed by atoms with Crippen molar-refractivity contribution in [1.82, 2.24) is 15.1 Å². The highest BCUT2D eigenvalue weighted by Gasteiger charge is 2.32. The second-order valence-electron chi connectivity index (χ2n) is 8.48. The van der Waals surface area contributed by atoms with Gasteiger partial charge in [-0.15, -0.1) is 0 Å². The van der Waals surface area contributed by atoms with Crippen LogP contribution in [0.15, 0.2) is 53.3 Å². The SMILES string of the molecule is CC(C)(C)c1ccc([C@@H]2CCCN2C(=O)c2n[nH]c(=O)c3ccccc23)cc1. The molecule has 4 rings (SSSR count). The molecular weight excluding hydrogens is 350 g/mol. The van der Waals surface area contributed by atoms with E-state index >= 15 is 0 Å². The third-order valence-electron chi connectivity index (χ3n) is 5.57. The van der Waals surface area contributed by atoms with E-state index in [0.717, 1.165) is 18.4 Å². The fourth-order valence-electron chi connectivity index (χ4n) is 3.98. The van der Waals surface area contributed by atoms with E-state index in [-0.39, 0.29) is 22.9 Å². The number of nitrogens with zero attached hydrogens (tertiary/aromatic N) is 2. The topological polar surface area (TPSA) is 66.1 Å². The lowest BCUT2D eigenvalue weighted by Crippen LogP contribution is -2.32. The number of H-pyrrole nitrogens is 1. The first-order valence-corrected chi connectivity index (χ1v) is 9.75. The zero-order chi connectivity index (χ0) is 19.9. The molecule has 1 N–H and O–H groups in total. The van der Waals surface area contributed by atoms with Crippen LogP contribution in [0.25, 0.3) is 10.8 Å². The van der Waals surface area contributed by atoms with E-state index in [2.05, 4.69) is 55.2 Å². The molecule has 0 bridgehead atoms. The van der Waals surface area contributed by atoms with Crippen molar-refractivity contribution in [2.24, 2.45) is 0 Å². The molecule has 1 saturated heterocycles. The Bertz CT molecular complexity index is 1080. The molecule has 1 aliphatic rings. The molecule has 1 amide bonds. The predicted octanol–water partition coefficient (Wildman–Crippen LogP) is 4.20. The fraction of sp³-hybridized carbons (Fsp3) is 0.348. The Morgan fingerprint density at radius 3 is 2.43 bits per heavy atom. The second-order valence-corrected chi connectivity index (χ2v) is 8.48. The standard InChI is InChI=1S/C23H25N3O2/c1-23(2,3)16-12-10-15(11-13-16)19-9-6-14-26(19)22(28)20-17-7-4-5-8-18(17)21(27)25-24-20/h4-5,7-8,10-13,19H,6,9,14H2,1-3H3,(H,25,27)/t19-/m0/s1. The van der Waals surface area contributed by atoms with E-state index in [9.17, 15) is 9.59 Å². The van der Waals surface area contributed by atoms with E-state index in [4.69, 9.17) is 0 Å².